The molecule has 0 fully saturated rings. The molecule has 2 aromatic carbocycles. The summed E-state index contributed by atoms with van der Waals surface area (Å²) in [5.41, 5.74) is 6.35. The molecule has 3 aromatic heterocycles. The molecule has 9 nitrogen and oxygen atoms in total. The van der Waals surface area contributed by atoms with Gasteiger partial charge in [0.15, 0.2) is 5.76 Å². The van der Waals surface area contributed by atoms with Gasteiger partial charge in [0.25, 0.3) is 0 Å². The van der Waals surface area contributed by atoms with Crippen LogP contribution in [0, 0.1) is 13.8 Å². The number of ether oxygens (including phenoxy) is 1. The fourth-order valence-corrected chi connectivity index (χ4v) is 4.39. The molecule has 0 radical (unpaired) electrons. The van der Waals surface area contributed by atoms with Crippen molar-refractivity contribution in [3.8, 4) is 22.8 Å². The second-order valence-corrected chi connectivity index (χ2v) is 9.31. The van der Waals surface area contributed by atoms with E-state index in [0.717, 1.165) is 17.1 Å². The number of aromatic nitrogens is 1. The minimum atomic E-state index is -1.11. The van der Waals surface area contributed by atoms with Crippen molar-refractivity contribution in [3.63, 3.8) is 0 Å². The highest BCUT2D eigenvalue weighted by atomic mass is 35.5. The van der Waals surface area contributed by atoms with Crippen LogP contribution in [0.5, 0.6) is 5.75 Å². The zero-order chi connectivity index (χ0) is 28.2. The number of nitrogens with zero attached hydrogens (tertiary/aromatic N) is 2. The van der Waals surface area contributed by atoms with E-state index in [4.69, 9.17) is 30.3 Å². The molecule has 0 aliphatic carbocycles. The number of aromatic carboxylic acids is 1. The van der Waals surface area contributed by atoms with Gasteiger partial charge in [-0.3, -0.25) is 4.79 Å². The quantitative estimate of drug-likeness (QED) is 0.155. The SMILES string of the molecule is Cc1ccc(C)n1-c1ccc(OCc2ccc(C(=O)N/N=C/c3ccc(-c4ccc(C(=O)O)c(Cl)c4)o3)o2)cc1. The number of rotatable bonds is 9. The molecule has 0 saturated carbocycles. The smallest absolute Gasteiger partial charge is 0.337 e. The Morgan fingerprint density at radius 1 is 0.975 bits per heavy atom. The number of furan rings is 2. The fraction of sp³-hybridized carbons (Fsp3) is 0.100. The first-order chi connectivity index (χ1) is 19.3. The van der Waals surface area contributed by atoms with Crippen LogP contribution in [0.25, 0.3) is 17.0 Å². The van der Waals surface area contributed by atoms with Crippen LogP contribution in [0.1, 0.15) is 43.8 Å². The summed E-state index contributed by atoms with van der Waals surface area (Å²) >= 11 is 6.03. The second-order valence-electron chi connectivity index (χ2n) is 8.90. The first-order valence-corrected chi connectivity index (χ1v) is 12.6. The number of benzene rings is 2. The molecule has 0 saturated heterocycles. The van der Waals surface area contributed by atoms with E-state index in [1.807, 2.05) is 24.3 Å². The van der Waals surface area contributed by atoms with E-state index in [2.05, 4.69) is 41.1 Å². The zero-order valence-electron chi connectivity index (χ0n) is 21.6. The van der Waals surface area contributed by atoms with Gasteiger partial charge in [-0.25, -0.2) is 10.2 Å². The maximum atomic E-state index is 12.4. The van der Waals surface area contributed by atoms with Crippen LogP contribution in [0.3, 0.4) is 0 Å². The predicted molar refractivity (Wildman–Crippen MR) is 149 cm³/mol. The lowest BCUT2D eigenvalue weighted by molar-refractivity contribution is 0.0696. The van der Waals surface area contributed by atoms with Gasteiger partial charge >= 0.3 is 11.9 Å². The summed E-state index contributed by atoms with van der Waals surface area (Å²) in [6, 6.07) is 22.9. The van der Waals surface area contributed by atoms with Gasteiger partial charge in [0.2, 0.25) is 0 Å². The molecule has 0 spiro atoms. The second kappa shape index (κ2) is 11.4. The van der Waals surface area contributed by atoms with Crippen molar-refractivity contribution < 1.29 is 28.3 Å². The number of aryl methyl sites for hydroxylation is 2. The third-order valence-corrected chi connectivity index (χ3v) is 6.41. The number of carbonyl (C=O) groups is 2. The van der Waals surface area contributed by atoms with Crippen LogP contribution in [-0.4, -0.2) is 27.8 Å². The summed E-state index contributed by atoms with van der Waals surface area (Å²) in [6.07, 6.45) is 1.34. The lowest BCUT2D eigenvalue weighted by Crippen LogP contribution is -2.16. The van der Waals surface area contributed by atoms with E-state index in [9.17, 15) is 9.59 Å². The number of carbonyl (C=O) groups excluding carboxylic acids is 1. The minimum absolute atomic E-state index is 0.00143. The van der Waals surface area contributed by atoms with E-state index in [1.165, 1.54) is 18.3 Å². The molecule has 0 bridgehead atoms. The van der Waals surface area contributed by atoms with E-state index in [1.54, 1.807) is 30.3 Å². The van der Waals surface area contributed by atoms with Crippen molar-refractivity contribution in [1.29, 1.82) is 0 Å². The number of hydrogen-bond donors (Lipinski definition) is 2. The van der Waals surface area contributed by atoms with Crippen LogP contribution in [0.2, 0.25) is 5.02 Å². The van der Waals surface area contributed by atoms with Crippen molar-refractivity contribution in [3.05, 3.63) is 118 Å². The van der Waals surface area contributed by atoms with E-state index >= 15 is 0 Å². The molecule has 0 aliphatic rings. The van der Waals surface area contributed by atoms with Crippen molar-refractivity contribution in [2.75, 3.05) is 0 Å². The van der Waals surface area contributed by atoms with Crippen molar-refractivity contribution >= 4 is 29.7 Å². The van der Waals surface area contributed by atoms with Crippen LogP contribution in [-0.2, 0) is 6.61 Å². The van der Waals surface area contributed by atoms with Crippen LogP contribution in [0.15, 0.2) is 92.8 Å². The number of hydrazone groups is 1. The fourth-order valence-electron chi connectivity index (χ4n) is 4.13. The average molecular weight is 558 g/mol. The Labute approximate surface area is 234 Å². The number of carboxylic acid groups (broad SMARTS) is 1. The molecule has 0 unspecified atom stereocenters. The van der Waals surface area contributed by atoms with E-state index < -0.39 is 11.9 Å². The van der Waals surface area contributed by atoms with Crippen LogP contribution in [0.4, 0.5) is 0 Å². The Balaban J connectivity index is 1.14. The Kier molecular flexibility index (Phi) is 7.56. The molecular formula is C30H24ClN3O6. The topological polar surface area (TPSA) is 119 Å². The Hall–Kier alpha value is -5.02. The number of hydrogen-bond acceptors (Lipinski definition) is 6. The first kappa shape index (κ1) is 26.6. The normalized spacial score (nSPS) is 11.2. The Morgan fingerprint density at radius 3 is 2.42 bits per heavy atom. The molecule has 10 heteroatoms. The summed E-state index contributed by atoms with van der Waals surface area (Å²) in [4.78, 5) is 23.6. The lowest BCUT2D eigenvalue weighted by Gasteiger charge is -2.10. The van der Waals surface area contributed by atoms with Gasteiger partial charge in [-0.1, -0.05) is 17.7 Å². The largest absolute Gasteiger partial charge is 0.486 e. The average Bonchev–Trinajstić information content (AvgIpc) is 3.68. The maximum Gasteiger partial charge on any atom is 0.337 e. The van der Waals surface area contributed by atoms with E-state index in [-0.39, 0.29) is 23.0 Å². The number of nitrogens with one attached hydrogen (secondary N) is 1. The van der Waals surface area contributed by atoms with Crippen molar-refractivity contribution in [1.82, 2.24) is 9.99 Å². The highest BCUT2D eigenvalue weighted by molar-refractivity contribution is 6.33. The van der Waals surface area contributed by atoms with Gasteiger partial charge in [-0.2, -0.15) is 5.10 Å². The molecule has 5 rings (SSSR count). The predicted octanol–water partition coefficient (Wildman–Crippen LogP) is 6.64. The summed E-state index contributed by atoms with van der Waals surface area (Å²) in [5.74, 6) is 0.432. The first-order valence-electron chi connectivity index (χ1n) is 12.2. The summed E-state index contributed by atoms with van der Waals surface area (Å²) in [5, 5.41) is 13.1. The third-order valence-electron chi connectivity index (χ3n) is 6.10. The van der Waals surface area contributed by atoms with E-state index in [0.29, 0.717) is 28.6 Å². The van der Waals surface area contributed by atoms with Gasteiger partial charge in [0.05, 0.1) is 16.8 Å². The van der Waals surface area contributed by atoms with Crippen molar-refractivity contribution in [2.45, 2.75) is 20.5 Å². The molecule has 202 valence electrons. The highest BCUT2D eigenvalue weighted by Crippen LogP contribution is 2.27. The molecule has 0 atom stereocenters. The van der Waals surface area contributed by atoms with Gasteiger partial charge in [0, 0.05) is 22.6 Å². The van der Waals surface area contributed by atoms with Crippen LogP contribution >= 0.6 is 11.6 Å². The highest BCUT2D eigenvalue weighted by Gasteiger charge is 2.13. The van der Waals surface area contributed by atoms with Gasteiger partial charge in [-0.15, -0.1) is 0 Å². The van der Waals surface area contributed by atoms with Gasteiger partial charge in [-0.05, 0) is 86.6 Å². The molecular weight excluding hydrogens is 534 g/mol. The summed E-state index contributed by atoms with van der Waals surface area (Å²) in [6.45, 7) is 4.27. The molecule has 3 heterocycles. The Bertz CT molecular complexity index is 1690. The monoisotopic (exact) mass is 557 g/mol. The van der Waals surface area contributed by atoms with Gasteiger partial charge in [0.1, 0.15) is 29.6 Å². The molecule has 40 heavy (non-hydrogen) atoms. The summed E-state index contributed by atoms with van der Waals surface area (Å²) < 4.78 is 19.2. The van der Waals surface area contributed by atoms with Crippen LogP contribution < -0.4 is 10.2 Å². The standard InChI is InChI=1S/C30H24ClN3O6/c1-18-3-4-19(2)34(18)21-6-8-22(9-7-21)38-17-24-11-14-28(40-24)29(35)33-32-16-23-10-13-27(39-23)20-5-12-25(30(36)37)26(31)15-20/h3-16H,17H2,1-2H3,(H,33,35)(H,36,37)/b32-16+. The molecule has 2 N–H and O–H groups in total. The van der Waals surface area contributed by atoms with Crippen molar-refractivity contribution in [2.24, 2.45) is 5.10 Å². The van der Waals surface area contributed by atoms with Gasteiger partial charge < -0.3 is 23.2 Å². The molecule has 1 amide bonds. The summed E-state index contributed by atoms with van der Waals surface area (Å²) in [7, 11) is 0. The molecule has 0 aliphatic heterocycles. The maximum absolute atomic E-state index is 12.4. The minimum Gasteiger partial charge on any atom is -0.486 e. The lowest BCUT2D eigenvalue weighted by atomic mass is 10.1. The zero-order valence-corrected chi connectivity index (χ0v) is 22.3. The number of amides is 1. The number of carboxylic acids is 1. The molecule has 5 aromatic rings. The number of halogens is 1. The Morgan fingerprint density at radius 2 is 1.73 bits per heavy atom. The third kappa shape index (κ3) is 5.84.